The van der Waals surface area contributed by atoms with Crippen LogP contribution in [-0.2, 0) is 11.2 Å². The number of hydrogen-bond donors (Lipinski definition) is 2. The molecule has 1 aromatic heterocycles. The zero-order chi connectivity index (χ0) is 13.7. The summed E-state index contributed by atoms with van der Waals surface area (Å²) in [6.45, 7) is 6.46. The van der Waals surface area contributed by atoms with Crippen molar-refractivity contribution in [3.8, 4) is 0 Å². The van der Waals surface area contributed by atoms with Crippen LogP contribution in [0.15, 0.2) is 6.20 Å². The van der Waals surface area contributed by atoms with Gasteiger partial charge in [0.05, 0.1) is 11.9 Å². The quantitative estimate of drug-likeness (QED) is 0.795. The van der Waals surface area contributed by atoms with E-state index in [4.69, 9.17) is 0 Å². The van der Waals surface area contributed by atoms with Crippen molar-refractivity contribution >= 4 is 5.91 Å². The van der Waals surface area contributed by atoms with Crippen molar-refractivity contribution in [1.82, 2.24) is 25.6 Å². The van der Waals surface area contributed by atoms with Gasteiger partial charge in [0.1, 0.15) is 0 Å². The molecule has 0 aromatic carbocycles. The van der Waals surface area contributed by atoms with Crippen molar-refractivity contribution in [2.24, 2.45) is 0 Å². The molecule has 1 aliphatic rings. The molecule has 2 N–H and O–H groups in total. The van der Waals surface area contributed by atoms with Gasteiger partial charge >= 0.3 is 0 Å². The first-order chi connectivity index (χ1) is 9.15. The molecule has 1 aliphatic heterocycles. The van der Waals surface area contributed by atoms with Gasteiger partial charge in [-0.1, -0.05) is 0 Å². The lowest BCUT2D eigenvalue weighted by molar-refractivity contribution is -0.121. The van der Waals surface area contributed by atoms with Crippen LogP contribution in [0.1, 0.15) is 38.8 Å². The number of likely N-dealkylation sites (tertiary alicyclic amines) is 1. The van der Waals surface area contributed by atoms with Crippen molar-refractivity contribution in [2.45, 2.75) is 51.6 Å². The molecule has 2 rings (SSSR count). The molecular weight excluding hydrogens is 242 g/mol. The summed E-state index contributed by atoms with van der Waals surface area (Å²) < 4.78 is 0. The van der Waals surface area contributed by atoms with Crippen LogP contribution < -0.4 is 5.32 Å². The number of aromatic nitrogens is 3. The Kier molecular flexibility index (Phi) is 4.90. The molecule has 1 unspecified atom stereocenters. The standard InChI is InChI=1S/C13H23N5O/c1-10(2)18-7-6-12(9-18)15-13(19)5-3-4-11-8-14-17-16-11/h8,10,12H,3-7,9H2,1-2H3,(H,15,19)(H,14,16,17). The van der Waals surface area contributed by atoms with Crippen molar-refractivity contribution in [1.29, 1.82) is 0 Å². The number of carbonyl (C=O) groups is 1. The molecule has 6 nitrogen and oxygen atoms in total. The van der Waals surface area contributed by atoms with Gasteiger partial charge in [-0.25, -0.2) is 0 Å². The maximum atomic E-state index is 11.8. The second kappa shape index (κ2) is 6.65. The van der Waals surface area contributed by atoms with Crippen LogP contribution in [0.2, 0.25) is 0 Å². The van der Waals surface area contributed by atoms with E-state index in [1.165, 1.54) is 0 Å². The fourth-order valence-corrected chi connectivity index (χ4v) is 2.45. The maximum Gasteiger partial charge on any atom is 0.220 e. The SMILES string of the molecule is CC(C)N1CCC(NC(=O)CCCc2cn[nH]n2)C1. The monoisotopic (exact) mass is 265 g/mol. The number of hydrogen-bond acceptors (Lipinski definition) is 4. The zero-order valence-corrected chi connectivity index (χ0v) is 11.7. The second-order valence-corrected chi connectivity index (χ2v) is 5.46. The van der Waals surface area contributed by atoms with Gasteiger partial charge in [0, 0.05) is 31.6 Å². The predicted molar refractivity (Wildman–Crippen MR) is 72.6 cm³/mol. The van der Waals surface area contributed by atoms with Crippen molar-refractivity contribution in [3.63, 3.8) is 0 Å². The number of aromatic amines is 1. The molecule has 0 spiro atoms. The molecule has 0 bridgehead atoms. The second-order valence-electron chi connectivity index (χ2n) is 5.46. The molecule has 1 fully saturated rings. The molecule has 19 heavy (non-hydrogen) atoms. The summed E-state index contributed by atoms with van der Waals surface area (Å²) in [6, 6.07) is 0.885. The molecular formula is C13H23N5O. The van der Waals surface area contributed by atoms with Gasteiger partial charge in [0.15, 0.2) is 0 Å². The van der Waals surface area contributed by atoms with Crippen LogP contribution in [0.3, 0.4) is 0 Å². The molecule has 0 radical (unpaired) electrons. The highest BCUT2D eigenvalue weighted by atomic mass is 16.1. The topological polar surface area (TPSA) is 73.9 Å². The third-order valence-corrected chi connectivity index (χ3v) is 3.62. The Hall–Kier alpha value is -1.43. The van der Waals surface area contributed by atoms with E-state index in [1.807, 2.05) is 0 Å². The Morgan fingerprint density at radius 1 is 1.63 bits per heavy atom. The fourth-order valence-electron chi connectivity index (χ4n) is 2.45. The van der Waals surface area contributed by atoms with Gasteiger partial charge in [-0.15, -0.1) is 0 Å². The van der Waals surface area contributed by atoms with E-state index in [-0.39, 0.29) is 5.91 Å². The van der Waals surface area contributed by atoms with Gasteiger partial charge in [0.25, 0.3) is 0 Å². The highest BCUT2D eigenvalue weighted by Gasteiger charge is 2.24. The van der Waals surface area contributed by atoms with Crippen LogP contribution in [0.4, 0.5) is 0 Å². The fraction of sp³-hybridized carbons (Fsp3) is 0.769. The lowest BCUT2D eigenvalue weighted by atomic mass is 10.2. The minimum absolute atomic E-state index is 0.152. The molecule has 106 valence electrons. The number of rotatable bonds is 6. The normalized spacial score (nSPS) is 20.1. The molecule has 0 saturated carbocycles. The number of carbonyl (C=O) groups excluding carboxylic acids is 1. The number of nitrogens with zero attached hydrogens (tertiary/aromatic N) is 3. The van der Waals surface area contributed by atoms with E-state index in [0.29, 0.717) is 18.5 Å². The number of nitrogens with one attached hydrogen (secondary N) is 2. The van der Waals surface area contributed by atoms with E-state index in [9.17, 15) is 4.79 Å². The molecule has 1 amide bonds. The Bertz CT molecular complexity index is 390. The maximum absolute atomic E-state index is 11.8. The first-order valence-corrected chi connectivity index (χ1v) is 7.03. The number of aryl methyl sites for hydroxylation is 1. The highest BCUT2D eigenvalue weighted by molar-refractivity contribution is 5.76. The Morgan fingerprint density at radius 3 is 3.11 bits per heavy atom. The predicted octanol–water partition coefficient (Wildman–Crippen LogP) is 0.726. The average Bonchev–Trinajstić information content (AvgIpc) is 3.00. The van der Waals surface area contributed by atoms with Crippen LogP contribution in [0.5, 0.6) is 0 Å². The summed E-state index contributed by atoms with van der Waals surface area (Å²) in [6.07, 6.45) is 4.94. The summed E-state index contributed by atoms with van der Waals surface area (Å²) in [5, 5.41) is 13.4. The largest absolute Gasteiger partial charge is 0.352 e. The van der Waals surface area contributed by atoms with Crippen LogP contribution >= 0.6 is 0 Å². The molecule has 1 atom stereocenters. The molecule has 0 aliphatic carbocycles. The summed E-state index contributed by atoms with van der Waals surface area (Å²) in [7, 11) is 0. The zero-order valence-electron chi connectivity index (χ0n) is 11.7. The summed E-state index contributed by atoms with van der Waals surface area (Å²) in [4.78, 5) is 14.2. The van der Waals surface area contributed by atoms with Crippen LogP contribution in [0.25, 0.3) is 0 Å². The first-order valence-electron chi connectivity index (χ1n) is 7.03. The van der Waals surface area contributed by atoms with Crippen molar-refractivity contribution in [2.75, 3.05) is 13.1 Å². The van der Waals surface area contributed by atoms with E-state index in [0.717, 1.165) is 38.0 Å². The molecule has 1 aromatic rings. The van der Waals surface area contributed by atoms with Gasteiger partial charge < -0.3 is 5.32 Å². The lowest BCUT2D eigenvalue weighted by Crippen LogP contribution is -2.38. The third kappa shape index (κ3) is 4.31. The molecule has 6 heteroatoms. The minimum Gasteiger partial charge on any atom is -0.352 e. The summed E-state index contributed by atoms with van der Waals surface area (Å²) >= 11 is 0. The summed E-state index contributed by atoms with van der Waals surface area (Å²) in [5.41, 5.74) is 0.916. The Balaban J connectivity index is 1.62. The van der Waals surface area contributed by atoms with Gasteiger partial charge in [-0.3, -0.25) is 9.69 Å². The van der Waals surface area contributed by atoms with Gasteiger partial charge in [0.2, 0.25) is 5.91 Å². The van der Waals surface area contributed by atoms with Gasteiger partial charge in [-0.2, -0.15) is 15.4 Å². The van der Waals surface area contributed by atoms with E-state index >= 15 is 0 Å². The number of amides is 1. The van der Waals surface area contributed by atoms with Crippen LogP contribution in [-0.4, -0.2) is 51.4 Å². The van der Waals surface area contributed by atoms with Crippen molar-refractivity contribution < 1.29 is 4.79 Å². The Labute approximate surface area is 113 Å². The van der Waals surface area contributed by atoms with Crippen molar-refractivity contribution in [3.05, 3.63) is 11.9 Å². The minimum atomic E-state index is 0.152. The first kappa shape index (κ1) is 14.0. The molecule has 1 saturated heterocycles. The van der Waals surface area contributed by atoms with Crippen LogP contribution in [0, 0.1) is 0 Å². The Morgan fingerprint density at radius 2 is 2.47 bits per heavy atom. The summed E-state index contributed by atoms with van der Waals surface area (Å²) in [5.74, 6) is 0.152. The van der Waals surface area contributed by atoms with E-state index < -0.39 is 0 Å². The number of H-pyrrole nitrogens is 1. The molecule has 2 heterocycles. The van der Waals surface area contributed by atoms with E-state index in [2.05, 4.69) is 39.5 Å². The van der Waals surface area contributed by atoms with Gasteiger partial charge in [-0.05, 0) is 33.1 Å². The lowest BCUT2D eigenvalue weighted by Gasteiger charge is -2.20. The average molecular weight is 265 g/mol. The smallest absolute Gasteiger partial charge is 0.220 e. The highest BCUT2D eigenvalue weighted by Crippen LogP contribution is 2.12. The third-order valence-electron chi connectivity index (χ3n) is 3.62. The van der Waals surface area contributed by atoms with E-state index in [1.54, 1.807) is 6.20 Å².